The third kappa shape index (κ3) is 2.79. The van der Waals surface area contributed by atoms with Gasteiger partial charge in [0.2, 0.25) is 0 Å². The van der Waals surface area contributed by atoms with Gasteiger partial charge in [-0.2, -0.15) is 0 Å². The molecule has 0 atom stereocenters. The lowest BCUT2D eigenvalue weighted by atomic mass is 10.2. The summed E-state index contributed by atoms with van der Waals surface area (Å²) < 4.78 is 6.66. The normalized spacial score (nSPS) is 14.8. The van der Waals surface area contributed by atoms with Crippen molar-refractivity contribution < 1.29 is 9.21 Å². The molecule has 1 saturated heterocycles. The fraction of sp³-hybridized carbons (Fsp3) is 0.278. The van der Waals surface area contributed by atoms with Crippen molar-refractivity contribution in [1.29, 1.82) is 0 Å². The van der Waals surface area contributed by atoms with Gasteiger partial charge < -0.3 is 14.2 Å². The molecule has 1 amide bonds. The van der Waals surface area contributed by atoms with Crippen LogP contribution in [0.4, 0.5) is 5.82 Å². The minimum atomic E-state index is -0.451. The summed E-state index contributed by atoms with van der Waals surface area (Å²) in [6.07, 6.45) is 0. The van der Waals surface area contributed by atoms with Crippen molar-refractivity contribution in [2.24, 2.45) is 7.05 Å². The number of carbonyl (C=O) groups excluding carboxylic acids is 1. The molecule has 4 rings (SSSR count). The first-order chi connectivity index (χ1) is 12.5. The van der Waals surface area contributed by atoms with Gasteiger partial charge in [-0.05, 0) is 12.1 Å². The average Bonchev–Trinajstić information content (AvgIpc) is 3.09. The number of para-hydroxylation sites is 1. The van der Waals surface area contributed by atoms with Crippen LogP contribution in [-0.4, -0.2) is 46.5 Å². The summed E-state index contributed by atoms with van der Waals surface area (Å²) in [6.45, 7) is 2.00. The largest absolute Gasteiger partial charge is 0.451 e. The molecule has 8 nitrogen and oxygen atoms in total. The van der Waals surface area contributed by atoms with E-state index in [0.29, 0.717) is 43.3 Å². The van der Waals surface area contributed by atoms with E-state index in [1.54, 1.807) is 11.0 Å². The maximum atomic E-state index is 12.7. The number of carbonyl (C=O) groups is 1. The lowest BCUT2D eigenvalue weighted by molar-refractivity contribution is 0.0717. The smallest absolute Gasteiger partial charge is 0.329 e. The summed E-state index contributed by atoms with van der Waals surface area (Å²) in [5.74, 6) is 0.647. The average molecular weight is 354 g/mol. The van der Waals surface area contributed by atoms with Gasteiger partial charge in [-0.15, -0.1) is 0 Å². The van der Waals surface area contributed by atoms with Crippen molar-refractivity contribution in [3.63, 3.8) is 0 Å². The highest BCUT2D eigenvalue weighted by Gasteiger charge is 2.25. The van der Waals surface area contributed by atoms with E-state index >= 15 is 0 Å². The summed E-state index contributed by atoms with van der Waals surface area (Å²) in [4.78, 5) is 42.5. The fourth-order valence-electron chi connectivity index (χ4n) is 3.11. The minimum absolute atomic E-state index is 0.154. The first-order valence-electron chi connectivity index (χ1n) is 8.36. The van der Waals surface area contributed by atoms with Gasteiger partial charge in [-0.1, -0.05) is 18.2 Å². The molecule has 3 aromatic rings. The van der Waals surface area contributed by atoms with E-state index in [4.69, 9.17) is 4.42 Å². The number of nitrogens with zero attached hydrogens (tertiary/aromatic N) is 3. The maximum Gasteiger partial charge on any atom is 0.329 e. The van der Waals surface area contributed by atoms with Gasteiger partial charge in [-0.3, -0.25) is 19.1 Å². The number of benzene rings is 1. The molecule has 0 aliphatic carbocycles. The zero-order valence-corrected chi connectivity index (χ0v) is 14.3. The molecule has 1 aliphatic rings. The Morgan fingerprint density at radius 1 is 1.08 bits per heavy atom. The highest BCUT2D eigenvalue weighted by Crippen LogP contribution is 2.21. The number of H-pyrrole nitrogens is 1. The molecule has 0 spiro atoms. The van der Waals surface area contributed by atoms with Crippen LogP contribution in [0.25, 0.3) is 11.0 Å². The summed E-state index contributed by atoms with van der Waals surface area (Å²) in [5, 5.41) is 0.896. The third-order valence-electron chi connectivity index (χ3n) is 4.67. The third-order valence-corrected chi connectivity index (χ3v) is 4.67. The van der Waals surface area contributed by atoms with Gasteiger partial charge in [0.05, 0.1) is 0 Å². The molecule has 2 aromatic heterocycles. The van der Waals surface area contributed by atoms with Crippen molar-refractivity contribution >= 4 is 22.7 Å². The van der Waals surface area contributed by atoms with E-state index in [0.717, 1.165) is 9.95 Å². The van der Waals surface area contributed by atoms with Gasteiger partial charge in [0.15, 0.2) is 5.76 Å². The summed E-state index contributed by atoms with van der Waals surface area (Å²) >= 11 is 0. The van der Waals surface area contributed by atoms with Gasteiger partial charge in [-0.25, -0.2) is 4.79 Å². The van der Waals surface area contributed by atoms with E-state index in [2.05, 4.69) is 4.98 Å². The van der Waals surface area contributed by atoms with E-state index in [1.165, 1.54) is 13.1 Å². The Morgan fingerprint density at radius 2 is 1.81 bits per heavy atom. The topological polar surface area (TPSA) is 91.6 Å². The van der Waals surface area contributed by atoms with Crippen LogP contribution in [0, 0.1) is 0 Å². The molecule has 26 heavy (non-hydrogen) atoms. The molecule has 1 aromatic carbocycles. The van der Waals surface area contributed by atoms with Gasteiger partial charge in [0.25, 0.3) is 11.5 Å². The second-order valence-corrected chi connectivity index (χ2v) is 6.28. The van der Waals surface area contributed by atoms with Gasteiger partial charge >= 0.3 is 5.69 Å². The Labute approximate surface area is 148 Å². The molecule has 1 N–H and O–H groups in total. The highest BCUT2D eigenvalue weighted by molar-refractivity contribution is 5.96. The van der Waals surface area contributed by atoms with E-state index < -0.39 is 5.69 Å². The zero-order chi connectivity index (χ0) is 18.3. The number of rotatable bonds is 2. The SMILES string of the molecule is Cn1c(=O)cc(N2CCN(C(=O)c3cc4ccccc4o3)CC2)[nH]c1=O. The van der Waals surface area contributed by atoms with E-state index in [1.807, 2.05) is 29.2 Å². The molecule has 1 fully saturated rings. The number of fused-ring (bicyclic) bond motifs is 1. The predicted molar refractivity (Wildman–Crippen MR) is 96.6 cm³/mol. The molecule has 0 radical (unpaired) electrons. The molecule has 0 bridgehead atoms. The van der Waals surface area contributed by atoms with Crippen LogP contribution in [0.2, 0.25) is 0 Å². The first kappa shape index (κ1) is 16.2. The van der Waals surface area contributed by atoms with Crippen molar-refractivity contribution in [2.75, 3.05) is 31.1 Å². The van der Waals surface area contributed by atoms with Crippen molar-refractivity contribution in [3.05, 3.63) is 63.0 Å². The highest BCUT2D eigenvalue weighted by atomic mass is 16.3. The first-order valence-corrected chi connectivity index (χ1v) is 8.36. The molecule has 8 heteroatoms. The number of hydrogen-bond donors (Lipinski definition) is 1. The molecule has 0 unspecified atom stereocenters. The quantitative estimate of drug-likeness (QED) is 0.734. The molecule has 1 aliphatic heterocycles. The van der Waals surface area contributed by atoms with Crippen LogP contribution in [0.5, 0.6) is 0 Å². The van der Waals surface area contributed by atoms with Crippen molar-refractivity contribution in [1.82, 2.24) is 14.5 Å². The Kier molecular flexibility index (Phi) is 3.87. The monoisotopic (exact) mass is 354 g/mol. The molecular weight excluding hydrogens is 336 g/mol. The van der Waals surface area contributed by atoms with Gasteiger partial charge in [0.1, 0.15) is 11.4 Å². The van der Waals surface area contributed by atoms with E-state index in [-0.39, 0.29) is 11.5 Å². The second-order valence-electron chi connectivity index (χ2n) is 6.28. The van der Waals surface area contributed by atoms with Crippen LogP contribution < -0.4 is 16.1 Å². The number of anilines is 1. The number of nitrogens with one attached hydrogen (secondary N) is 1. The molecule has 3 heterocycles. The van der Waals surface area contributed by atoms with Crippen molar-refractivity contribution in [3.8, 4) is 0 Å². The van der Waals surface area contributed by atoms with Crippen LogP contribution in [0.1, 0.15) is 10.6 Å². The number of furan rings is 1. The second kappa shape index (κ2) is 6.21. The lowest BCUT2D eigenvalue weighted by Gasteiger charge is -2.35. The number of hydrogen-bond acceptors (Lipinski definition) is 5. The van der Waals surface area contributed by atoms with Crippen LogP contribution in [0.15, 0.2) is 50.4 Å². The predicted octanol–water partition coefficient (Wildman–Crippen LogP) is 0.782. The zero-order valence-electron chi connectivity index (χ0n) is 14.3. The number of amides is 1. The summed E-state index contributed by atoms with van der Waals surface area (Å²) in [7, 11) is 1.43. The minimum Gasteiger partial charge on any atom is -0.451 e. The lowest BCUT2D eigenvalue weighted by Crippen LogP contribution is -2.50. The van der Waals surface area contributed by atoms with Crippen LogP contribution >= 0.6 is 0 Å². The summed E-state index contributed by atoms with van der Waals surface area (Å²) in [6, 6.07) is 10.6. The molecule has 0 saturated carbocycles. The Bertz CT molecular complexity index is 1020. The maximum absolute atomic E-state index is 12.7. The number of aromatic amines is 1. The fourth-order valence-corrected chi connectivity index (χ4v) is 3.11. The van der Waals surface area contributed by atoms with Crippen molar-refractivity contribution in [2.45, 2.75) is 0 Å². The van der Waals surface area contributed by atoms with Crippen LogP contribution in [-0.2, 0) is 7.05 Å². The Morgan fingerprint density at radius 3 is 2.50 bits per heavy atom. The van der Waals surface area contributed by atoms with Gasteiger partial charge in [0, 0.05) is 44.7 Å². The van der Waals surface area contributed by atoms with Crippen LogP contribution in [0.3, 0.4) is 0 Å². The number of aromatic nitrogens is 2. The summed E-state index contributed by atoms with van der Waals surface area (Å²) in [5.41, 5.74) is -0.120. The van der Waals surface area contributed by atoms with E-state index in [9.17, 15) is 14.4 Å². The molecule has 134 valence electrons. The molecular formula is C18H18N4O4. The standard InChI is InChI=1S/C18H18N4O4/c1-20-16(23)11-15(19-18(20)25)21-6-8-22(9-7-21)17(24)14-10-12-4-2-3-5-13(12)26-14/h2-5,10-11H,6-9H2,1H3,(H,19,25). The Balaban J connectivity index is 1.48. The Hall–Kier alpha value is -3.29. The number of piperazine rings is 1.